The molecule has 6 nitrogen and oxygen atoms in total. The van der Waals surface area contributed by atoms with E-state index in [0.717, 1.165) is 5.56 Å². The Kier molecular flexibility index (Phi) is 6.31. The molecule has 1 aliphatic rings. The van der Waals surface area contributed by atoms with Gasteiger partial charge in [0.05, 0.1) is 24.1 Å². The van der Waals surface area contributed by atoms with Crippen LogP contribution in [0, 0.1) is 5.82 Å². The Hall–Kier alpha value is -2.58. The first-order chi connectivity index (χ1) is 13.0. The molecule has 27 heavy (non-hydrogen) atoms. The lowest BCUT2D eigenvalue weighted by Gasteiger charge is -2.12. The topological polar surface area (TPSA) is 72.3 Å². The molecule has 2 aromatic rings. The molecule has 0 spiro atoms. The van der Waals surface area contributed by atoms with Gasteiger partial charge < -0.3 is 14.8 Å². The Balaban J connectivity index is 1.67. The van der Waals surface area contributed by atoms with Gasteiger partial charge in [-0.25, -0.2) is 4.39 Å². The molecule has 1 amide bonds. The van der Waals surface area contributed by atoms with Crippen LogP contribution < -0.4 is 14.8 Å². The second-order valence-electron chi connectivity index (χ2n) is 5.42. The molecule has 2 aromatic carbocycles. The van der Waals surface area contributed by atoms with E-state index in [4.69, 9.17) is 21.1 Å². The highest BCUT2D eigenvalue weighted by Gasteiger charge is 2.16. The quantitative estimate of drug-likeness (QED) is 0.586. The molecule has 3 rings (SSSR count). The molecular formula is C18H15ClFN3O3S. The number of carbonyl (C=O) groups excluding carboxylic acids is 1. The van der Waals surface area contributed by atoms with Crippen molar-refractivity contribution in [2.24, 2.45) is 10.2 Å². The number of benzene rings is 2. The zero-order valence-corrected chi connectivity index (χ0v) is 15.8. The van der Waals surface area contributed by atoms with Gasteiger partial charge in [0.2, 0.25) is 5.91 Å². The third-order valence-corrected chi connectivity index (χ3v) is 4.74. The molecule has 0 aromatic heterocycles. The lowest BCUT2D eigenvalue weighted by atomic mass is 10.2. The van der Waals surface area contributed by atoms with Crippen molar-refractivity contribution in [1.82, 2.24) is 5.32 Å². The van der Waals surface area contributed by atoms with Gasteiger partial charge in [-0.2, -0.15) is 5.10 Å². The number of amides is 1. The van der Waals surface area contributed by atoms with E-state index in [1.54, 1.807) is 30.5 Å². The summed E-state index contributed by atoms with van der Waals surface area (Å²) in [7, 11) is 1.53. The van der Waals surface area contributed by atoms with Crippen LogP contribution >= 0.6 is 23.4 Å². The Morgan fingerprint density at radius 3 is 2.85 bits per heavy atom. The van der Waals surface area contributed by atoms with Gasteiger partial charge in [0.15, 0.2) is 16.7 Å². The van der Waals surface area contributed by atoms with E-state index in [0.29, 0.717) is 33.0 Å². The van der Waals surface area contributed by atoms with Crippen molar-refractivity contribution in [3.63, 3.8) is 0 Å². The summed E-state index contributed by atoms with van der Waals surface area (Å²) in [6.45, 7) is 0.174. The SMILES string of the molecule is COc1cc(C=NN=C2NC(=O)CS2)ccc1OCc1ccc(F)cc1Cl. The maximum atomic E-state index is 13.1. The number of methoxy groups -OCH3 is 1. The van der Waals surface area contributed by atoms with E-state index in [9.17, 15) is 9.18 Å². The second-order valence-corrected chi connectivity index (χ2v) is 6.79. The van der Waals surface area contributed by atoms with Gasteiger partial charge in [-0.1, -0.05) is 29.4 Å². The highest BCUT2D eigenvalue weighted by Crippen LogP contribution is 2.29. The number of hydrogen-bond donors (Lipinski definition) is 1. The van der Waals surface area contributed by atoms with Crippen molar-refractivity contribution < 1.29 is 18.7 Å². The highest BCUT2D eigenvalue weighted by atomic mass is 35.5. The van der Waals surface area contributed by atoms with Gasteiger partial charge in [0.1, 0.15) is 12.4 Å². The molecule has 0 saturated carbocycles. The van der Waals surface area contributed by atoms with Crippen LogP contribution in [0.3, 0.4) is 0 Å². The Morgan fingerprint density at radius 1 is 1.30 bits per heavy atom. The van der Waals surface area contributed by atoms with E-state index >= 15 is 0 Å². The molecule has 0 radical (unpaired) electrons. The second kappa shape index (κ2) is 8.88. The van der Waals surface area contributed by atoms with Crippen molar-refractivity contribution >= 4 is 40.7 Å². The van der Waals surface area contributed by atoms with Crippen molar-refractivity contribution in [3.8, 4) is 11.5 Å². The van der Waals surface area contributed by atoms with Crippen LogP contribution in [0.5, 0.6) is 11.5 Å². The fourth-order valence-corrected chi connectivity index (χ4v) is 3.06. The van der Waals surface area contributed by atoms with E-state index in [1.165, 1.54) is 31.0 Å². The number of thioether (sulfide) groups is 1. The molecule has 1 saturated heterocycles. The zero-order valence-electron chi connectivity index (χ0n) is 14.2. The van der Waals surface area contributed by atoms with Crippen molar-refractivity contribution in [2.75, 3.05) is 12.9 Å². The highest BCUT2D eigenvalue weighted by molar-refractivity contribution is 8.15. The van der Waals surface area contributed by atoms with Crippen LogP contribution in [-0.2, 0) is 11.4 Å². The Labute approximate surface area is 164 Å². The summed E-state index contributed by atoms with van der Waals surface area (Å²) in [5.41, 5.74) is 1.41. The van der Waals surface area contributed by atoms with E-state index in [-0.39, 0.29) is 12.5 Å². The van der Waals surface area contributed by atoms with Crippen LogP contribution in [-0.4, -0.2) is 30.2 Å². The number of ether oxygens (including phenoxy) is 2. The fraction of sp³-hybridized carbons (Fsp3) is 0.167. The molecule has 9 heteroatoms. The van der Waals surface area contributed by atoms with Gasteiger partial charge in [0, 0.05) is 5.56 Å². The zero-order chi connectivity index (χ0) is 19.2. The van der Waals surface area contributed by atoms with Crippen LogP contribution in [0.1, 0.15) is 11.1 Å². The third-order valence-electron chi connectivity index (χ3n) is 3.53. The molecule has 1 aliphatic heterocycles. The smallest absolute Gasteiger partial charge is 0.236 e. The normalized spacial score (nSPS) is 15.4. The molecule has 0 atom stereocenters. The summed E-state index contributed by atoms with van der Waals surface area (Å²) in [5, 5.41) is 11.3. The first kappa shape index (κ1) is 19.2. The molecule has 0 aliphatic carbocycles. The monoisotopic (exact) mass is 407 g/mol. The number of halogens is 2. The summed E-state index contributed by atoms with van der Waals surface area (Å²) < 4.78 is 24.2. The van der Waals surface area contributed by atoms with Crippen molar-refractivity contribution in [2.45, 2.75) is 6.61 Å². The van der Waals surface area contributed by atoms with E-state index in [1.807, 2.05) is 0 Å². The molecule has 1 heterocycles. The van der Waals surface area contributed by atoms with Crippen LogP contribution in [0.4, 0.5) is 4.39 Å². The number of carbonyl (C=O) groups is 1. The van der Waals surface area contributed by atoms with Crippen LogP contribution in [0.15, 0.2) is 46.6 Å². The van der Waals surface area contributed by atoms with E-state index in [2.05, 4.69) is 15.5 Å². The minimum atomic E-state index is -0.399. The number of hydrogen-bond acceptors (Lipinski definition) is 6. The van der Waals surface area contributed by atoms with Crippen molar-refractivity contribution in [3.05, 3.63) is 58.4 Å². The lowest BCUT2D eigenvalue weighted by Crippen LogP contribution is -2.19. The predicted octanol–water partition coefficient (Wildman–Crippen LogP) is 3.62. The number of nitrogens with zero attached hydrogens (tertiary/aromatic N) is 2. The van der Waals surface area contributed by atoms with Crippen LogP contribution in [0.25, 0.3) is 0 Å². The molecular weight excluding hydrogens is 393 g/mol. The predicted molar refractivity (Wildman–Crippen MR) is 104 cm³/mol. The van der Waals surface area contributed by atoms with E-state index < -0.39 is 5.82 Å². The summed E-state index contributed by atoms with van der Waals surface area (Å²) in [6.07, 6.45) is 1.54. The maximum absolute atomic E-state index is 13.1. The molecule has 1 fully saturated rings. The van der Waals surface area contributed by atoms with Gasteiger partial charge in [-0.3, -0.25) is 4.79 Å². The molecule has 0 bridgehead atoms. The van der Waals surface area contributed by atoms with Gasteiger partial charge in [0.25, 0.3) is 0 Å². The number of rotatable bonds is 6. The Bertz CT molecular complexity index is 921. The summed E-state index contributed by atoms with van der Waals surface area (Å²) in [5.74, 6) is 0.891. The standard InChI is InChI=1S/C18H15ClFN3O3S/c1-25-16-6-11(8-21-23-18-22-17(24)10-27-18)2-5-15(16)26-9-12-3-4-13(20)7-14(12)19/h2-8H,9-10H2,1H3,(H,22,23,24). The maximum Gasteiger partial charge on any atom is 0.236 e. The molecule has 0 unspecified atom stereocenters. The van der Waals surface area contributed by atoms with Gasteiger partial charge in [-0.05, 0) is 35.9 Å². The van der Waals surface area contributed by atoms with Crippen LogP contribution in [0.2, 0.25) is 5.02 Å². The number of amidine groups is 1. The molecule has 1 N–H and O–H groups in total. The molecule has 140 valence electrons. The van der Waals surface area contributed by atoms with Gasteiger partial charge in [-0.15, -0.1) is 5.10 Å². The minimum absolute atomic E-state index is 0.0848. The summed E-state index contributed by atoms with van der Waals surface area (Å²) >= 11 is 7.30. The summed E-state index contributed by atoms with van der Waals surface area (Å²) in [6, 6.07) is 9.40. The van der Waals surface area contributed by atoms with Gasteiger partial charge >= 0.3 is 0 Å². The first-order valence-corrected chi connectivity index (χ1v) is 9.20. The minimum Gasteiger partial charge on any atom is -0.493 e. The third kappa shape index (κ3) is 5.21. The first-order valence-electron chi connectivity index (χ1n) is 7.83. The average molecular weight is 408 g/mol. The average Bonchev–Trinajstić information content (AvgIpc) is 3.06. The fourth-order valence-electron chi connectivity index (χ4n) is 2.21. The van der Waals surface area contributed by atoms with Crippen molar-refractivity contribution in [1.29, 1.82) is 0 Å². The number of nitrogens with one attached hydrogen (secondary N) is 1. The summed E-state index contributed by atoms with van der Waals surface area (Å²) in [4.78, 5) is 11.1. The lowest BCUT2D eigenvalue weighted by molar-refractivity contribution is -0.116. The largest absolute Gasteiger partial charge is 0.493 e. The Morgan fingerprint density at radius 2 is 2.15 bits per heavy atom.